The van der Waals surface area contributed by atoms with E-state index < -0.39 is 0 Å². The Morgan fingerprint density at radius 1 is 1.03 bits per heavy atom. The van der Waals surface area contributed by atoms with Gasteiger partial charge in [-0.3, -0.25) is 4.79 Å². The summed E-state index contributed by atoms with van der Waals surface area (Å²) in [5.41, 5.74) is 12.8. The van der Waals surface area contributed by atoms with Gasteiger partial charge in [0, 0.05) is 23.1 Å². The Balaban J connectivity index is 1.67. The van der Waals surface area contributed by atoms with E-state index in [0.717, 1.165) is 44.3 Å². The lowest BCUT2D eigenvalue weighted by atomic mass is 9.93. The molecule has 0 aliphatic carbocycles. The van der Waals surface area contributed by atoms with Crippen molar-refractivity contribution in [3.8, 4) is 16.9 Å². The number of ether oxygens (including phenoxy) is 2. The van der Waals surface area contributed by atoms with Gasteiger partial charge in [0.15, 0.2) is 0 Å². The van der Waals surface area contributed by atoms with Crippen LogP contribution in [0.5, 0.6) is 5.75 Å². The summed E-state index contributed by atoms with van der Waals surface area (Å²) in [5, 5.41) is 1.02. The van der Waals surface area contributed by atoms with Gasteiger partial charge in [-0.25, -0.2) is 0 Å². The second kappa shape index (κ2) is 9.71. The van der Waals surface area contributed by atoms with Crippen molar-refractivity contribution in [2.75, 3.05) is 6.61 Å². The fourth-order valence-electron chi connectivity index (χ4n) is 3.93. The lowest BCUT2D eigenvalue weighted by Gasteiger charge is -2.16. The summed E-state index contributed by atoms with van der Waals surface area (Å²) in [7, 11) is 0. The SMILES string of the molecule is CCOC(=O)Cc1ccccc1OCc1cc2ccoc2c(-c2cccc(CN)c2)c1C. The first-order chi connectivity index (χ1) is 15.6. The van der Waals surface area contributed by atoms with Crippen LogP contribution < -0.4 is 10.5 Å². The van der Waals surface area contributed by atoms with E-state index in [4.69, 9.17) is 19.6 Å². The average Bonchev–Trinajstić information content (AvgIpc) is 3.26. The molecule has 0 radical (unpaired) electrons. The molecule has 0 unspecified atom stereocenters. The number of fused-ring (bicyclic) bond motifs is 1. The molecular formula is C27H27NO4. The van der Waals surface area contributed by atoms with Crippen LogP contribution in [0.1, 0.15) is 29.2 Å². The van der Waals surface area contributed by atoms with Crippen LogP contribution in [0.2, 0.25) is 0 Å². The Bertz CT molecular complexity index is 1240. The van der Waals surface area contributed by atoms with E-state index in [2.05, 4.69) is 25.1 Å². The molecule has 4 rings (SSSR count). The summed E-state index contributed by atoms with van der Waals surface area (Å²) in [6, 6.07) is 19.8. The van der Waals surface area contributed by atoms with Gasteiger partial charge in [-0.2, -0.15) is 0 Å². The van der Waals surface area contributed by atoms with Crippen LogP contribution in [0.4, 0.5) is 0 Å². The molecule has 0 amide bonds. The van der Waals surface area contributed by atoms with Crippen LogP contribution >= 0.6 is 0 Å². The van der Waals surface area contributed by atoms with Gasteiger partial charge in [-0.15, -0.1) is 0 Å². The highest BCUT2D eigenvalue weighted by Gasteiger charge is 2.16. The number of nitrogens with two attached hydrogens (primary N) is 1. The Labute approximate surface area is 187 Å². The minimum Gasteiger partial charge on any atom is -0.489 e. The van der Waals surface area contributed by atoms with Crippen molar-refractivity contribution in [1.29, 1.82) is 0 Å². The third-order valence-corrected chi connectivity index (χ3v) is 5.56. The highest BCUT2D eigenvalue weighted by Crippen LogP contribution is 2.36. The summed E-state index contributed by atoms with van der Waals surface area (Å²) >= 11 is 0. The molecule has 0 saturated heterocycles. The first kappa shape index (κ1) is 21.7. The summed E-state index contributed by atoms with van der Waals surface area (Å²) in [6.07, 6.45) is 1.89. The van der Waals surface area contributed by atoms with E-state index in [1.807, 2.05) is 42.5 Å². The van der Waals surface area contributed by atoms with Crippen molar-refractivity contribution in [2.24, 2.45) is 5.73 Å². The minimum absolute atomic E-state index is 0.181. The van der Waals surface area contributed by atoms with Gasteiger partial charge < -0.3 is 19.6 Å². The number of hydrogen-bond acceptors (Lipinski definition) is 5. The Kier molecular flexibility index (Phi) is 6.57. The standard InChI is InChI=1S/C27H27NO4/c1-3-30-25(29)15-20-8-4-5-10-24(20)32-17-23-14-22-11-12-31-27(22)26(18(23)2)21-9-6-7-19(13-21)16-28/h4-14H,3,15-17,28H2,1-2H3. The molecule has 1 aromatic heterocycles. The fourth-order valence-corrected chi connectivity index (χ4v) is 3.93. The van der Waals surface area contributed by atoms with E-state index in [-0.39, 0.29) is 12.4 Å². The summed E-state index contributed by atoms with van der Waals surface area (Å²) in [5.74, 6) is 0.417. The molecule has 0 fully saturated rings. The van der Waals surface area contributed by atoms with Crippen molar-refractivity contribution in [3.63, 3.8) is 0 Å². The van der Waals surface area contributed by atoms with Crippen LogP contribution in [0.3, 0.4) is 0 Å². The van der Waals surface area contributed by atoms with E-state index in [9.17, 15) is 4.79 Å². The Hall–Kier alpha value is -3.57. The van der Waals surface area contributed by atoms with Gasteiger partial charge in [0.05, 0.1) is 19.3 Å². The quantitative estimate of drug-likeness (QED) is 0.372. The number of carbonyl (C=O) groups is 1. The van der Waals surface area contributed by atoms with Gasteiger partial charge in [0.1, 0.15) is 17.9 Å². The molecule has 5 nitrogen and oxygen atoms in total. The highest BCUT2D eigenvalue weighted by molar-refractivity contribution is 5.95. The van der Waals surface area contributed by atoms with Crippen molar-refractivity contribution in [3.05, 3.63) is 89.2 Å². The molecule has 2 N–H and O–H groups in total. The van der Waals surface area contributed by atoms with Crippen LogP contribution in [0, 0.1) is 6.92 Å². The maximum Gasteiger partial charge on any atom is 0.310 e. The molecule has 0 saturated carbocycles. The largest absolute Gasteiger partial charge is 0.489 e. The lowest BCUT2D eigenvalue weighted by molar-refractivity contribution is -0.142. The fraction of sp³-hybridized carbons (Fsp3) is 0.222. The third-order valence-electron chi connectivity index (χ3n) is 5.56. The molecule has 0 bridgehead atoms. The maximum atomic E-state index is 12.0. The van der Waals surface area contributed by atoms with Crippen LogP contribution in [0.25, 0.3) is 22.1 Å². The number of para-hydroxylation sites is 1. The number of hydrogen-bond donors (Lipinski definition) is 1. The molecule has 5 heteroatoms. The summed E-state index contributed by atoms with van der Waals surface area (Å²) in [4.78, 5) is 12.0. The highest BCUT2D eigenvalue weighted by atomic mass is 16.5. The summed E-state index contributed by atoms with van der Waals surface area (Å²) in [6.45, 7) is 5.09. The first-order valence-corrected chi connectivity index (χ1v) is 10.8. The minimum atomic E-state index is -0.262. The molecule has 0 aliphatic rings. The molecule has 164 valence electrons. The van der Waals surface area contributed by atoms with Gasteiger partial charge in [0.25, 0.3) is 0 Å². The zero-order valence-electron chi connectivity index (χ0n) is 18.4. The third kappa shape index (κ3) is 4.53. The predicted octanol–water partition coefficient (Wildman–Crippen LogP) is 5.55. The summed E-state index contributed by atoms with van der Waals surface area (Å²) < 4.78 is 17.1. The van der Waals surface area contributed by atoms with Crippen LogP contribution in [-0.4, -0.2) is 12.6 Å². The molecule has 0 aliphatic heterocycles. The smallest absolute Gasteiger partial charge is 0.310 e. The van der Waals surface area contributed by atoms with Crippen molar-refractivity contribution < 1.29 is 18.7 Å². The zero-order chi connectivity index (χ0) is 22.5. The maximum absolute atomic E-state index is 12.0. The van der Waals surface area contributed by atoms with Crippen LogP contribution in [0.15, 0.2) is 71.3 Å². The topological polar surface area (TPSA) is 74.7 Å². The van der Waals surface area contributed by atoms with Crippen molar-refractivity contribution in [1.82, 2.24) is 0 Å². The normalized spacial score (nSPS) is 11.0. The van der Waals surface area contributed by atoms with Gasteiger partial charge in [-0.1, -0.05) is 36.4 Å². The molecule has 1 heterocycles. The van der Waals surface area contributed by atoms with Gasteiger partial charge in [-0.05, 0) is 60.4 Å². The van der Waals surface area contributed by atoms with E-state index in [0.29, 0.717) is 25.5 Å². The number of esters is 1. The number of carbonyl (C=O) groups excluding carboxylic acids is 1. The monoisotopic (exact) mass is 429 g/mol. The predicted molar refractivity (Wildman–Crippen MR) is 125 cm³/mol. The Morgan fingerprint density at radius 3 is 2.69 bits per heavy atom. The molecule has 32 heavy (non-hydrogen) atoms. The molecule has 0 atom stereocenters. The number of rotatable bonds is 8. The van der Waals surface area contributed by atoms with Crippen molar-refractivity contribution >= 4 is 16.9 Å². The van der Waals surface area contributed by atoms with E-state index in [1.54, 1.807) is 13.2 Å². The zero-order valence-corrected chi connectivity index (χ0v) is 18.4. The first-order valence-electron chi connectivity index (χ1n) is 10.8. The molecule has 0 spiro atoms. The molecular weight excluding hydrogens is 402 g/mol. The second-order valence-corrected chi connectivity index (χ2v) is 7.66. The lowest BCUT2D eigenvalue weighted by Crippen LogP contribution is -2.09. The van der Waals surface area contributed by atoms with Crippen LogP contribution in [-0.2, 0) is 29.1 Å². The van der Waals surface area contributed by atoms with Gasteiger partial charge in [0.2, 0.25) is 0 Å². The Morgan fingerprint density at radius 2 is 1.88 bits per heavy atom. The number of furan rings is 1. The van der Waals surface area contributed by atoms with Crippen molar-refractivity contribution in [2.45, 2.75) is 33.4 Å². The average molecular weight is 430 g/mol. The number of benzene rings is 3. The molecule has 4 aromatic rings. The van der Waals surface area contributed by atoms with E-state index in [1.165, 1.54) is 0 Å². The molecule has 3 aromatic carbocycles. The second-order valence-electron chi connectivity index (χ2n) is 7.66. The van der Waals surface area contributed by atoms with Gasteiger partial charge >= 0.3 is 5.97 Å². The van der Waals surface area contributed by atoms with E-state index >= 15 is 0 Å².